The van der Waals surface area contributed by atoms with Crippen LogP contribution in [-0.2, 0) is 4.74 Å². The second-order valence-electron chi connectivity index (χ2n) is 4.34. The van der Waals surface area contributed by atoms with E-state index in [1.54, 1.807) is 0 Å². The van der Waals surface area contributed by atoms with Crippen LogP contribution in [0.5, 0.6) is 0 Å². The van der Waals surface area contributed by atoms with Crippen molar-refractivity contribution in [1.82, 2.24) is 5.06 Å². The first-order chi connectivity index (χ1) is 6.35. The van der Waals surface area contributed by atoms with Gasteiger partial charge in [-0.2, -0.15) is 5.06 Å². The summed E-state index contributed by atoms with van der Waals surface area (Å²) in [6.45, 7) is 8.45. The van der Waals surface area contributed by atoms with Crippen LogP contribution in [0.4, 0.5) is 0 Å². The molecule has 0 rings (SSSR count). The lowest BCUT2D eigenvalue weighted by molar-refractivity contribution is -0.148. The fourth-order valence-electron chi connectivity index (χ4n) is 1.03. The Morgan fingerprint density at radius 1 is 1.43 bits per heavy atom. The number of hydroxylamine groups is 2. The molecule has 0 aliphatic carbocycles. The first-order valence-electron chi connectivity index (χ1n) is 4.72. The molecule has 4 nitrogen and oxygen atoms in total. The summed E-state index contributed by atoms with van der Waals surface area (Å²) in [6.07, 6.45) is 2.02. The van der Waals surface area contributed by atoms with Crippen LogP contribution in [0, 0.1) is 5.41 Å². The Kier molecular flexibility index (Phi) is 5.76. The third-order valence-electron chi connectivity index (χ3n) is 1.48. The van der Waals surface area contributed by atoms with Crippen LogP contribution in [0.2, 0.25) is 0 Å². The fourth-order valence-corrected chi connectivity index (χ4v) is 1.03. The molecule has 0 amide bonds. The largest absolute Gasteiger partial charge is 0.497 e. The summed E-state index contributed by atoms with van der Waals surface area (Å²) >= 11 is 0. The number of nitrogens with zero attached hydrogens (tertiary/aromatic N) is 1. The predicted octanol–water partition coefficient (Wildman–Crippen LogP) is 1.59. The minimum absolute atomic E-state index is 0.0972. The van der Waals surface area contributed by atoms with Crippen LogP contribution in [0.15, 0.2) is 11.8 Å². The zero-order valence-corrected chi connectivity index (χ0v) is 9.45. The minimum Gasteiger partial charge on any atom is -0.497 e. The first-order valence-corrected chi connectivity index (χ1v) is 4.72. The number of hydrogen-bond donors (Lipinski definition) is 2. The van der Waals surface area contributed by atoms with Crippen molar-refractivity contribution >= 4 is 0 Å². The number of rotatable bonds is 5. The molecule has 0 bridgehead atoms. The predicted molar refractivity (Wildman–Crippen MR) is 54.7 cm³/mol. The Bertz CT molecular complexity index is 184. The second kappa shape index (κ2) is 6.01. The average Bonchev–Trinajstić information content (AvgIpc) is 2.00. The lowest BCUT2D eigenvalue weighted by Crippen LogP contribution is -2.24. The van der Waals surface area contributed by atoms with E-state index >= 15 is 0 Å². The van der Waals surface area contributed by atoms with Gasteiger partial charge < -0.3 is 15.1 Å². The second-order valence-corrected chi connectivity index (χ2v) is 4.34. The molecule has 2 N–H and O–H groups in total. The molecule has 0 aliphatic heterocycles. The van der Waals surface area contributed by atoms with Gasteiger partial charge in [-0.1, -0.05) is 20.8 Å². The molecule has 0 spiro atoms. The molecule has 0 atom stereocenters. The number of ether oxygens (including phenoxy) is 1. The molecule has 84 valence electrons. The highest BCUT2D eigenvalue weighted by atomic mass is 16.5. The molecule has 0 fully saturated rings. The van der Waals surface area contributed by atoms with E-state index in [-0.39, 0.29) is 12.1 Å². The van der Waals surface area contributed by atoms with Gasteiger partial charge in [0.05, 0.1) is 12.3 Å². The SMILES string of the molecule is C/C(=C\C(C)(C)C)OCCN(O)CO. The fraction of sp³-hybridized carbons (Fsp3) is 0.800. The normalized spacial score (nSPS) is 13.5. The monoisotopic (exact) mass is 203 g/mol. The van der Waals surface area contributed by atoms with Crippen LogP contribution in [0.3, 0.4) is 0 Å². The standard InChI is InChI=1S/C10H21NO3/c1-9(7-10(2,3)4)14-6-5-11(13)8-12/h7,12-13H,5-6,8H2,1-4H3/b9-7+. The van der Waals surface area contributed by atoms with Crippen molar-refractivity contribution in [2.45, 2.75) is 27.7 Å². The first kappa shape index (κ1) is 13.4. The molecule has 0 aromatic heterocycles. The van der Waals surface area contributed by atoms with E-state index in [1.807, 2.05) is 13.0 Å². The molecule has 0 aromatic rings. The molecule has 0 heterocycles. The maximum Gasteiger partial charge on any atom is 0.118 e. The lowest BCUT2D eigenvalue weighted by atomic mass is 9.96. The van der Waals surface area contributed by atoms with Gasteiger partial charge in [-0.05, 0) is 18.4 Å². The van der Waals surface area contributed by atoms with E-state index in [1.165, 1.54) is 0 Å². The van der Waals surface area contributed by atoms with Gasteiger partial charge in [0.15, 0.2) is 0 Å². The highest BCUT2D eigenvalue weighted by molar-refractivity contribution is 4.96. The maximum atomic E-state index is 8.89. The molecule has 0 aromatic carbocycles. The summed E-state index contributed by atoms with van der Waals surface area (Å²) in [5.41, 5.74) is 0.0972. The Morgan fingerprint density at radius 2 is 2.00 bits per heavy atom. The van der Waals surface area contributed by atoms with Gasteiger partial charge in [0.2, 0.25) is 0 Å². The molecule has 0 unspecified atom stereocenters. The van der Waals surface area contributed by atoms with Gasteiger partial charge in [-0.3, -0.25) is 0 Å². The van der Waals surface area contributed by atoms with E-state index in [4.69, 9.17) is 15.1 Å². The van der Waals surface area contributed by atoms with Crippen molar-refractivity contribution in [3.05, 3.63) is 11.8 Å². The summed E-state index contributed by atoms with van der Waals surface area (Å²) in [5.74, 6) is 0.837. The summed E-state index contributed by atoms with van der Waals surface area (Å²) in [7, 11) is 0. The average molecular weight is 203 g/mol. The number of hydrogen-bond acceptors (Lipinski definition) is 4. The maximum absolute atomic E-state index is 8.89. The molecule has 0 radical (unpaired) electrons. The molecule has 4 heteroatoms. The van der Waals surface area contributed by atoms with Crippen molar-refractivity contribution in [3.8, 4) is 0 Å². The highest BCUT2D eigenvalue weighted by Crippen LogP contribution is 2.17. The Balaban J connectivity index is 3.74. The number of aliphatic hydroxyl groups excluding tert-OH is 1. The summed E-state index contributed by atoms with van der Waals surface area (Å²) < 4.78 is 5.34. The number of allylic oxidation sites excluding steroid dienone is 2. The van der Waals surface area contributed by atoms with E-state index < -0.39 is 0 Å². The Hall–Kier alpha value is -0.580. The van der Waals surface area contributed by atoms with Gasteiger partial charge in [-0.25, -0.2) is 0 Å². The summed E-state index contributed by atoms with van der Waals surface area (Å²) in [6, 6.07) is 0. The minimum atomic E-state index is -0.370. The van der Waals surface area contributed by atoms with Gasteiger partial charge in [-0.15, -0.1) is 0 Å². The van der Waals surface area contributed by atoms with Crippen LogP contribution in [0.25, 0.3) is 0 Å². The molecule has 0 saturated heterocycles. The van der Waals surface area contributed by atoms with Crippen molar-refractivity contribution in [1.29, 1.82) is 0 Å². The Labute approximate surface area is 85.8 Å². The van der Waals surface area contributed by atoms with Crippen LogP contribution >= 0.6 is 0 Å². The van der Waals surface area contributed by atoms with Gasteiger partial charge in [0, 0.05) is 0 Å². The van der Waals surface area contributed by atoms with Crippen molar-refractivity contribution in [3.63, 3.8) is 0 Å². The Morgan fingerprint density at radius 3 is 2.43 bits per heavy atom. The number of aliphatic hydroxyl groups is 1. The topological polar surface area (TPSA) is 52.9 Å². The zero-order valence-electron chi connectivity index (χ0n) is 9.45. The van der Waals surface area contributed by atoms with E-state index in [2.05, 4.69) is 20.8 Å². The molecule has 0 saturated carbocycles. The van der Waals surface area contributed by atoms with Crippen molar-refractivity contribution in [2.75, 3.05) is 19.9 Å². The van der Waals surface area contributed by atoms with Crippen molar-refractivity contribution in [2.24, 2.45) is 5.41 Å². The van der Waals surface area contributed by atoms with Gasteiger partial charge in [0.25, 0.3) is 0 Å². The van der Waals surface area contributed by atoms with Crippen LogP contribution in [0.1, 0.15) is 27.7 Å². The highest BCUT2D eigenvalue weighted by Gasteiger charge is 2.07. The van der Waals surface area contributed by atoms with E-state index in [0.29, 0.717) is 13.2 Å². The molecular weight excluding hydrogens is 182 g/mol. The molecule has 0 aliphatic rings. The van der Waals surface area contributed by atoms with E-state index in [9.17, 15) is 0 Å². The van der Waals surface area contributed by atoms with Crippen LogP contribution < -0.4 is 0 Å². The summed E-state index contributed by atoms with van der Waals surface area (Å²) in [5, 5.41) is 18.2. The van der Waals surface area contributed by atoms with Crippen LogP contribution in [-0.4, -0.2) is 35.3 Å². The summed E-state index contributed by atoms with van der Waals surface area (Å²) in [4.78, 5) is 0. The van der Waals surface area contributed by atoms with Gasteiger partial charge >= 0.3 is 0 Å². The molecule has 14 heavy (non-hydrogen) atoms. The van der Waals surface area contributed by atoms with Gasteiger partial charge in [0.1, 0.15) is 13.3 Å². The third kappa shape index (κ3) is 8.04. The van der Waals surface area contributed by atoms with E-state index in [0.717, 1.165) is 10.8 Å². The quantitative estimate of drug-likeness (QED) is 0.405. The van der Waals surface area contributed by atoms with Crippen molar-refractivity contribution < 1.29 is 15.1 Å². The zero-order chi connectivity index (χ0) is 11.2. The third-order valence-corrected chi connectivity index (χ3v) is 1.48. The molecular formula is C10H21NO3. The lowest BCUT2D eigenvalue weighted by Gasteiger charge is -2.16. The smallest absolute Gasteiger partial charge is 0.118 e.